The quantitative estimate of drug-likeness (QED) is 0.659. The summed E-state index contributed by atoms with van der Waals surface area (Å²) in [5.41, 5.74) is -1.03. The SMILES string of the molecule is O=C1CC2(c3ccccc3)C(=O)c3ccccc3C2(O)N1c1ccc(Br)cc1. The second-order valence-electron chi connectivity index (χ2n) is 7.20. The van der Waals surface area contributed by atoms with E-state index in [1.807, 2.05) is 42.5 Å². The number of amides is 1. The molecule has 5 rings (SSSR count). The summed E-state index contributed by atoms with van der Waals surface area (Å²) in [4.78, 5) is 28.2. The van der Waals surface area contributed by atoms with E-state index in [0.29, 0.717) is 22.4 Å². The van der Waals surface area contributed by atoms with Crippen LogP contribution in [-0.4, -0.2) is 16.8 Å². The van der Waals surface area contributed by atoms with Crippen molar-refractivity contribution in [2.45, 2.75) is 17.6 Å². The van der Waals surface area contributed by atoms with Crippen molar-refractivity contribution in [1.29, 1.82) is 0 Å². The van der Waals surface area contributed by atoms with E-state index in [1.165, 1.54) is 4.90 Å². The van der Waals surface area contributed by atoms with E-state index < -0.39 is 11.1 Å². The molecule has 0 spiro atoms. The molecule has 1 aliphatic heterocycles. The first-order valence-corrected chi connectivity index (χ1v) is 9.80. The Hall–Kier alpha value is -2.76. The summed E-state index contributed by atoms with van der Waals surface area (Å²) in [7, 11) is 0. The van der Waals surface area contributed by atoms with Gasteiger partial charge >= 0.3 is 0 Å². The van der Waals surface area contributed by atoms with E-state index in [-0.39, 0.29) is 18.1 Å². The average Bonchev–Trinajstić information content (AvgIpc) is 3.07. The molecule has 1 N–H and O–H groups in total. The van der Waals surface area contributed by atoms with Crippen LogP contribution < -0.4 is 4.90 Å². The Morgan fingerprint density at radius 2 is 1.50 bits per heavy atom. The smallest absolute Gasteiger partial charge is 0.231 e. The van der Waals surface area contributed by atoms with Crippen molar-refractivity contribution in [3.63, 3.8) is 0 Å². The second-order valence-corrected chi connectivity index (χ2v) is 8.12. The highest BCUT2D eigenvalue weighted by Gasteiger charge is 2.72. The van der Waals surface area contributed by atoms with Crippen molar-refractivity contribution >= 4 is 33.3 Å². The van der Waals surface area contributed by atoms with E-state index in [0.717, 1.165) is 4.47 Å². The van der Waals surface area contributed by atoms with E-state index in [1.54, 1.807) is 36.4 Å². The maximum absolute atomic E-state index is 13.6. The van der Waals surface area contributed by atoms with E-state index in [4.69, 9.17) is 0 Å². The van der Waals surface area contributed by atoms with Gasteiger partial charge in [0, 0.05) is 27.7 Å². The van der Waals surface area contributed by atoms with Crippen LogP contribution in [0.5, 0.6) is 0 Å². The van der Waals surface area contributed by atoms with E-state index >= 15 is 0 Å². The van der Waals surface area contributed by atoms with Gasteiger partial charge in [-0.15, -0.1) is 0 Å². The van der Waals surface area contributed by atoms with Gasteiger partial charge in [-0.25, -0.2) is 0 Å². The number of nitrogens with zero attached hydrogens (tertiary/aromatic N) is 1. The lowest BCUT2D eigenvalue weighted by atomic mass is 9.71. The Balaban J connectivity index is 1.84. The topological polar surface area (TPSA) is 57.6 Å². The maximum Gasteiger partial charge on any atom is 0.231 e. The predicted molar refractivity (Wildman–Crippen MR) is 109 cm³/mol. The van der Waals surface area contributed by atoms with Crippen molar-refractivity contribution in [3.05, 3.63) is 100 Å². The van der Waals surface area contributed by atoms with Crippen molar-refractivity contribution < 1.29 is 14.7 Å². The van der Waals surface area contributed by atoms with Gasteiger partial charge in [-0.1, -0.05) is 70.5 Å². The van der Waals surface area contributed by atoms with Gasteiger partial charge in [0.25, 0.3) is 0 Å². The second kappa shape index (κ2) is 5.87. The first kappa shape index (κ1) is 17.3. The molecular formula is C23H16BrNO3. The minimum atomic E-state index is -1.78. The van der Waals surface area contributed by atoms with Crippen LogP contribution in [0.3, 0.4) is 0 Å². The molecule has 0 radical (unpaired) electrons. The number of hydrogen-bond donors (Lipinski definition) is 1. The summed E-state index contributed by atoms with van der Waals surface area (Å²) in [6, 6.07) is 23.3. The molecule has 138 valence electrons. The number of aliphatic hydroxyl groups is 1. The Bertz CT molecular complexity index is 1110. The van der Waals surface area contributed by atoms with Gasteiger partial charge < -0.3 is 5.11 Å². The van der Waals surface area contributed by atoms with Crippen molar-refractivity contribution in [2.24, 2.45) is 0 Å². The number of carbonyl (C=O) groups excluding carboxylic acids is 2. The van der Waals surface area contributed by atoms with Crippen LogP contribution in [0, 0.1) is 0 Å². The molecule has 2 atom stereocenters. The molecule has 0 saturated carbocycles. The molecule has 5 heteroatoms. The monoisotopic (exact) mass is 433 g/mol. The summed E-state index contributed by atoms with van der Waals surface area (Å²) in [6.45, 7) is 0. The zero-order valence-corrected chi connectivity index (χ0v) is 16.4. The molecule has 1 amide bonds. The number of benzene rings is 3. The lowest BCUT2D eigenvalue weighted by Crippen LogP contribution is -2.53. The number of ketones is 1. The average molecular weight is 434 g/mol. The molecular weight excluding hydrogens is 418 g/mol. The van der Waals surface area contributed by atoms with Crippen LogP contribution in [0.25, 0.3) is 0 Å². The molecule has 0 aromatic heterocycles. The molecule has 1 fully saturated rings. The zero-order valence-electron chi connectivity index (χ0n) is 14.8. The van der Waals surface area contributed by atoms with Gasteiger partial charge in [-0.2, -0.15) is 0 Å². The zero-order chi connectivity index (χ0) is 19.5. The Morgan fingerprint density at radius 3 is 2.21 bits per heavy atom. The van der Waals surface area contributed by atoms with E-state index in [9.17, 15) is 14.7 Å². The largest absolute Gasteiger partial charge is 0.365 e. The number of anilines is 1. The Morgan fingerprint density at radius 1 is 0.857 bits per heavy atom. The summed E-state index contributed by atoms with van der Waals surface area (Å²) in [5, 5.41) is 12.2. The highest BCUT2D eigenvalue weighted by atomic mass is 79.9. The van der Waals surface area contributed by atoms with Gasteiger partial charge in [0.05, 0.1) is 0 Å². The molecule has 1 aliphatic carbocycles. The summed E-state index contributed by atoms with van der Waals surface area (Å²) < 4.78 is 0.868. The summed E-state index contributed by atoms with van der Waals surface area (Å²) >= 11 is 3.40. The van der Waals surface area contributed by atoms with Gasteiger partial charge in [-0.05, 0) is 29.8 Å². The van der Waals surface area contributed by atoms with Gasteiger partial charge in [0.1, 0.15) is 5.41 Å². The first-order valence-electron chi connectivity index (χ1n) is 9.01. The van der Waals surface area contributed by atoms with Crippen LogP contribution in [0.15, 0.2) is 83.3 Å². The standard InChI is InChI=1S/C23H16BrNO3/c24-16-10-12-17(13-11-16)25-20(26)14-22(15-6-2-1-3-7-15)21(27)18-8-4-5-9-19(18)23(22,25)28/h1-13,28H,14H2. The minimum Gasteiger partial charge on any atom is -0.365 e. The van der Waals surface area contributed by atoms with Crippen LogP contribution in [0.2, 0.25) is 0 Å². The minimum absolute atomic E-state index is 0.0862. The fraction of sp³-hybridized carbons (Fsp3) is 0.130. The Labute approximate surface area is 170 Å². The third kappa shape index (κ3) is 1.98. The fourth-order valence-electron chi connectivity index (χ4n) is 4.68. The van der Waals surface area contributed by atoms with Crippen molar-refractivity contribution in [1.82, 2.24) is 0 Å². The van der Waals surface area contributed by atoms with Crippen molar-refractivity contribution in [3.8, 4) is 0 Å². The number of fused-ring (bicyclic) bond motifs is 3. The number of halogens is 1. The number of Topliss-reactive ketones (excluding diaryl/α,β-unsaturated/α-hetero) is 1. The van der Waals surface area contributed by atoms with Gasteiger partial charge in [0.15, 0.2) is 11.5 Å². The van der Waals surface area contributed by atoms with Crippen LogP contribution >= 0.6 is 15.9 Å². The molecule has 3 aromatic carbocycles. The lowest BCUT2D eigenvalue weighted by Gasteiger charge is -2.40. The van der Waals surface area contributed by atoms with Crippen LogP contribution in [0.1, 0.15) is 27.9 Å². The Kier molecular flexibility index (Phi) is 3.63. The molecule has 2 unspecified atom stereocenters. The highest BCUT2D eigenvalue weighted by Crippen LogP contribution is 2.60. The number of rotatable bonds is 2. The molecule has 1 heterocycles. The summed E-state index contributed by atoms with van der Waals surface area (Å²) in [6.07, 6.45) is -0.0862. The first-order chi connectivity index (χ1) is 13.5. The maximum atomic E-state index is 13.6. The van der Waals surface area contributed by atoms with Gasteiger partial charge in [-0.3, -0.25) is 14.5 Å². The molecule has 0 bridgehead atoms. The fourth-order valence-corrected chi connectivity index (χ4v) is 4.95. The third-order valence-corrected chi connectivity index (χ3v) is 6.40. The third-order valence-electron chi connectivity index (χ3n) is 5.87. The van der Waals surface area contributed by atoms with E-state index in [2.05, 4.69) is 15.9 Å². The van der Waals surface area contributed by atoms with Crippen molar-refractivity contribution in [2.75, 3.05) is 4.90 Å². The van der Waals surface area contributed by atoms with Crippen LogP contribution in [-0.2, 0) is 15.9 Å². The lowest BCUT2D eigenvalue weighted by molar-refractivity contribution is -0.118. The normalized spacial score (nSPS) is 25.7. The summed E-state index contributed by atoms with van der Waals surface area (Å²) in [5.74, 6) is -0.499. The molecule has 4 nitrogen and oxygen atoms in total. The molecule has 1 saturated heterocycles. The molecule has 2 aliphatic rings. The molecule has 28 heavy (non-hydrogen) atoms. The number of carbonyl (C=O) groups is 2. The predicted octanol–water partition coefficient (Wildman–Crippen LogP) is 4.17. The number of hydrogen-bond acceptors (Lipinski definition) is 3. The van der Waals surface area contributed by atoms with Crippen LogP contribution in [0.4, 0.5) is 5.69 Å². The van der Waals surface area contributed by atoms with Gasteiger partial charge in [0.2, 0.25) is 5.91 Å². The highest BCUT2D eigenvalue weighted by molar-refractivity contribution is 9.10. The molecule has 3 aromatic rings.